The van der Waals surface area contributed by atoms with Crippen LogP contribution in [-0.4, -0.2) is 29.6 Å². The second-order valence-corrected chi connectivity index (χ2v) is 3.87. The number of benzene rings is 1. The van der Waals surface area contributed by atoms with Crippen LogP contribution in [0, 0.1) is 0 Å². The van der Waals surface area contributed by atoms with E-state index in [-0.39, 0.29) is 18.1 Å². The SMILES string of the molecule is CCCCOC(=O)OCCc1ccc(O)c(O)c1. The lowest BCUT2D eigenvalue weighted by Crippen LogP contribution is -2.10. The van der Waals surface area contributed by atoms with Crippen LogP contribution in [0.15, 0.2) is 18.2 Å². The number of hydrogen-bond acceptors (Lipinski definition) is 5. The van der Waals surface area contributed by atoms with E-state index < -0.39 is 6.16 Å². The normalized spacial score (nSPS) is 10.1. The van der Waals surface area contributed by atoms with Gasteiger partial charge in [-0.25, -0.2) is 4.79 Å². The van der Waals surface area contributed by atoms with Crippen LogP contribution in [0.2, 0.25) is 0 Å². The number of rotatable bonds is 6. The van der Waals surface area contributed by atoms with Crippen LogP contribution in [0.4, 0.5) is 4.79 Å². The van der Waals surface area contributed by atoms with Crippen molar-refractivity contribution in [1.82, 2.24) is 0 Å². The third-order valence-corrected chi connectivity index (χ3v) is 2.37. The Morgan fingerprint density at radius 1 is 1.17 bits per heavy atom. The molecule has 0 amide bonds. The number of unbranched alkanes of at least 4 members (excludes halogenated alkanes) is 1. The van der Waals surface area contributed by atoms with E-state index in [2.05, 4.69) is 0 Å². The Morgan fingerprint density at radius 3 is 2.56 bits per heavy atom. The number of hydrogen-bond donors (Lipinski definition) is 2. The molecule has 0 fully saturated rings. The fourth-order valence-electron chi connectivity index (χ4n) is 1.32. The van der Waals surface area contributed by atoms with E-state index in [1.807, 2.05) is 6.92 Å². The zero-order chi connectivity index (χ0) is 13.4. The Hall–Kier alpha value is -1.91. The summed E-state index contributed by atoms with van der Waals surface area (Å²) in [7, 11) is 0. The van der Waals surface area contributed by atoms with E-state index in [1.54, 1.807) is 6.07 Å². The van der Waals surface area contributed by atoms with Crippen molar-refractivity contribution >= 4 is 6.16 Å². The van der Waals surface area contributed by atoms with Gasteiger partial charge in [0, 0.05) is 6.42 Å². The lowest BCUT2D eigenvalue weighted by Gasteiger charge is -2.06. The average Bonchev–Trinajstić information content (AvgIpc) is 2.34. The number of phenolic OH excluding ortho intramolecular Hbond substituents is 2. The fraction of sp³-hybridized carbons (Fsp3) is 0.462. The number of aromatic hydroxyl groups is 2. The van der Waals surface area contributed by atoms with Gasteiger partial charge in [0.15, 0.2) is 11.5 Å². The Kier molecular flexibility index (Phi) is 5.84. The number of carbonyl (C=O) groups excluding carboxylic acids is 1. The molecule has 0 radical (unpaired) electrons. The lowest BCUT2D eigenvalue weighted by atomic mass is 10.1. The van der Waals surface area contributed by atoms with Crippen LogP contribution in [0.25, 0.3) is 0 Å². The van der Waals surface area contributed by atoms with Crippen molar-refractivity contribution in [2.45, 2.75) is 26.2 Å². The molecule has 0 saturated carbocycles. The standard InChI is InChI=1S/C13H18O5/c1-2-3-7-17-13(16)18-8-6-10-4-5-11(14)12(15)9-10/h4-5,9,14-15H,2-3,6-8H2,1H3. The predicted octanol–water partition coefficient (Wildman–Crippen LogP) is 2.59. The van der Waals surface area contributed by atoms with E-state index in [1.165, 1.54) is 12.1 Å². The molecule has 0 aromatic heterocycles. The van der Waals surface area contributed by atoms with Crippen molar-refractivity contribution in [3.63, 3.8) is 0 Å². The largest absolute Gasteiger partial charge is 0.508 e. The molecule has 1 aromatic rings. The molecule has 2 N–H and O–H groups in total. The van der Waals surface area contributed by atoms with Crippen molar-refractivity contribution in [2.75, 3.05) is 13.2 Å². The van der Waals surface area contributed by atoms with Crippen LogP contribution < -0.4 is 0 Å². The molecular formula is C13H18O5. The molecule has 18 heavy (non-hydrogen) atoms. The summed E-state index contributed by atoms with van der Waals surface area (Å²) in [4.78, 5) is 11.1. The summed E-state index contributed by atoms with van der Waals surface area (Å²) >= 11 is 0. The van der Waals surface area contributed by atoms with Crippen LogP contribution in [-0.2, 0) is 15.9 Å². The van der Waals surface area contributed by atoms with Crippen LogP contribution >= 0.6 is 0 Å². The molecule has 1 aromatic carbocycles. The Bertz CT molecular complexity index is 389. The first kappa shape index (κ1) is 14.2. The predicted molar refractivity (Wildman–Crippen MR) is 65.7 cm³/mol. The quantitative estimate of drug-likeness (QED) is 0.463. The zero-order valence-corrected chi connectivity index (χ0v) is 10.4. The third kappa shape index (κ3) is 4.95. The minimum atomic E-state index is -0.675. The molecule has 0 atom stereocenters. The van der Waals surface area contributed by atoms with Crippen LogP contribution in [0.3, 0.4) is 0 Å². The number of phenols is 2. The highest BCUT2D eigenvalue weighted by atomic mass is 16.7. The molecule has 0 bridgehead atoms. The first-order chi connectivity index (χ1) is 8.63. The van der Waals surface area contributed by atoms with E-state index >= 15 is 0 Å². The highest BCUT2D eigenvalue weighted by Crippen LogP contribution is 2.24. The van der Waals surface area contributed by atoms with E-state index in [0.29, 0.717) is 13.0 Å². The molecule has 0 spiro atoms. The summed E-state index contributed by atoms with van der Waals surface area (Å²) in [5.41, 5.74) is 0.770. The summed E-state index contributed by atoms with van der Waals surface area (Å²) in [6.45, 7) is 2.55. The number of ether oxygens (including phenoxy) is 2. The maximum atomic E-state index is 11.1. The second kappa shape index (κ2) is 7.42. The molecule has 100 valence electrons. The van der Waals surface area contributed by atoms with Crippen molar-refractivity contribution in [1.29, 1.82) is 0 Å². The van der Waals surface area contributed by atoms with Crippen molar-refractivity contribution in [3.8, 4) is 11.5 Å². The van der Waals surface area contributed by atoms with Gasteiger partial charge in [0.25, 0.3) is 0 Å². The Labute approximate surface area is 106 Å². The Balaban J connectivity index is 2.24. The summed E-state index contributed by atoms with van der Waals surface area (Å²) in [6, 6.07) is 4.48. The van der Waals surface area contributed by atoms with Gasteiger partial charge in [0.2, 0.25) is 0 Å². The maximum absolute atomic E-state index is 11.1. The molecular weight excluding hydrogens is 236 g/mol. The van der Waals surface area contributed by atoms with Gasteiger partial charge in [-0.05, 0) is 24.1 Å². The summed E-state index contributed by atoms with van der Waals surface area (Å²) in [5.74, 6) is -0.350. The molecule has 0 saturated heterocycles. The van der Waals surface area contributed by atoms with Crippen molar-refractivity contribution in [2.24, 2.45) is 0 Å². The topological polar surface area (TPSA) is 76.0 Å². The van der Waals surface area contributed by atoms with Gasteiger partial charge in [0.1, 0.15) is 0 Å². The summed E-state index contributed by atoms with van der Waals surface area (Å²) in [6.07, 6.45) is 1.56. The first-order valence-electron chi connectivity index (χ1n) is 5.94. The van der Waals surface area contributed by atoms with Gasteiger partial charge in [-0.3, -0.25) is 0 Å². The van der Waals surface area contributed by atoms with E-state index in [0.717, 1.165) is 18.4 Å². The summed E-state index contributed by atoms with van der Waals surface area (Å²) < 4.78 is 9.67. The van der Waals surface area contributed by atoms with Gasteiger partial charge < -0.3 is 19.7 Å². The lowest BCUT2D eigenvalue weighted by molar-refractivity contribution is 0.0552. The smallest absolute Gasteiger partial charge is 0.504 e. The minimum Gasteiger partial charge on any atom is -0.504 e. The van der Waals surface area contributed by atoms with Crippen molar-refractivity contribution < 1.29 is 24.5 Å². The molecule has 5 heteroatoms. The molecule has 0 unspecified atom stereocenters. The van der Waals surface area contributed by atoms with Gasteiger partial charge in [0.05, 0.1) is 13.2 Å². The van der Waals surface area contributed by atoms with Crippen LogP contribution in [0.5, 0.6) is 11.5 Å². The molecule has 1 rings (SSSR count). The molecule has 0 heterocycles. The van der Waals surface area contributed by atoms with Gasteiger partial charge >= 0.3 is 6.16 Å². The highest BCUT2D eigenvalue weighted by molar-refractivity contribution is 5.59. The minimum absolute atomic E-state index is 0.168. The second-order valence-electron chi connectivity index (χ2n) is 3.87. The van der Waals surface area contributed by atoms with Gasteiger partial charge in [-0.2, -0.15) is 0 Å². The molecule has 0 aliphatic heterocycles. The molecule has 0 aliphatic rings. The van der Waals surface area contributed by atoms with E-state index in [9.17, 15) is 9.90 Å². The third-order valence-electron chi connectivity index (χ3n) is 2.37. The zero-order valence-electron chi connectivity index (χ0n) is 10.4. The Morgan fingerprint density at radius 2 is 1.89 bits per heavy atom. The monoisotopic (exact) mass is 254 g/mol. The highest BCUT2D eigenvalue weighted by Gasteiger charge is 2.05. The van der Waals surface area contributed by atoms with Crippen molar-refractivity contribution in [3.05, 3.63) is 23.8 Å². The van der Waals surface area contributed by atoms with Gasteiger partial charge in [-0.15, -0.1) is 0 Å². The first-order valence-corrected chi connectivity index (χ1v) is 5.94. The van der Waals surface area contributed by atoms with Gasteiger partial charge in [-0.1, -0.05) is 19.4 Å². The fourth-order valence-corrected chi connectivity index (χ4v) is 1.32. The average molecular weight is 254 g/mol. The van der Waals surface area contributed by atoms with Crippen LogP contribution in [0.1, 0.15) is 25.3 Å². The molecule has 5 nitrogen and oxygen atoms in total. The maximum Gasteiger partial charge on any atom is 0.508 e. The number of carbonyl (C=O) groups is 1. The molecule has 0 aliphatic carbocycles. The summed E-state index contributed by atoms with van der Waals surface area (Å²) in [5, 5.41) is 18.4. The van der Waals surface area contributed by atoms with E-state index in [4.69, 9.17) is 14.6 Å².